The predicted molar refractivity (Wildman–Crippen MR) is 135 cm³/mol. The molecule has 178 valence electrons. The maximum absolute atomic E-state index is 11.5. The van der Waals surface area contributed by atoms with Crippen LogP contribution < -0.4 is 20.1 Å². The van der Waals surface area contributed by atoms with Crippen LogP contribution in [0.15, 0.2) is 29.3 Å². The summed E-state index contributed by atoms with van der Waals surface area (Å²) in [5.74, 6) is 1.44. The largest absolute Gasteiger partial charge is 0.497 e. The van der Waals surface area contributed by atoms with Gasteiger partial charge in [-0.1, -0.05) is 12.1 Å². The number of morpholine rings is 1. The summed E-state index contributed by atoms with van der Waals surface area (Å²) in [6.45, 7) is 7.82. The van der Waals surface area contributed by atoms with Gasteiger partial charge in [0.25, 0.3) is 0 Å². The van der Waals surface area contributed by atoms with Crippen LogP contribution in [0, 0.1) is 0 Å². The Balaban J connectivity index is 0.00000480. The Hall–Kier alpha value is -1.15. The number of nitrogens with zero attached hydrogens (tertiary/aromatic N) is 2. The molecule has 9 nitrogen and oxygen atoms in total. The summed E-state index contributed by atoms with van der Waals surface area (Å²) < 4.78 is 36.5. The van der Waals surface area contributed by atoms with Gasteiger partial charge in [0, 0.05) is 38.8 Å². The molecule has 1 heterocycles. The van der Waals surface area contributed by atoms with Gasteiger partial charge in [0.05, 0.1) is 32.6 Å². The van der Waals surface area contributed by atoms with Crippen LogP contribution in [0.4, 0.5) is 0 Å². The van der Waals surface area contributed by atoms with Gasteiger partial charge in [0.1, 0.15) is 5.75 Å². The first-order valence-electron chi connectivity index (χ1n) is 10.0. The Morgan fingerprint density at radius 1 is 1.23 bits per heavy atom. The van der Waals surface area contributed by atoms with E-state index in [1.165, 1.54) is 5.56 Å². The SMILES string of the molecule is CN=C(NCC(c1ccc(OC)cc1)N1CCOCC1)NCC(C)(C)NS(C)(=O)=O.I. The minimum Gasteiger partial charge on any atom is -0.497 e. The molecule has 1 saturated heterocycles. The lowest BCUT2D eigenvalue weighted by Gasteiger charge is -2.35. The van der Waals surface area contributed by atoms with Crippen molar-refractivity contribution >= 4 is 40.0 Å². The van der Waals surface area contributed by atoms with Gasteiger partial charge >= 0.3 is 0 Å². The Morgan fingerprint density at radius 3 is 2.35 bits per heavy atom. The number of rotatable bonds is 9. The van der Waals surface area contributed by atoms with Crippen LogP contribution in [0.3, 0.4) is 0 Å². The third-order valence-electron chi connectivity index (χ3n) is 4.83. The van der Waals surface area contributed by atoms with Crippen LogP contribution in [-0.4, -0.2) is 84.6 Å². The average Bonchev–Trinajstić information content (AvgIpc) is 2.70. The van der Waals surface area contributed by atoms with Crippen molar-refractivity contribution in [3.05, 3.63) is 29.8 Å². The number of guanidine groups is 1. The van der Waals surface area contributed by atoms with Gasteiger partial charge in [-0.2, -0.15) is 0 Å². The van der Waals surface area contributed by atoms with Gasteiger partial charge in [0.2, 0.25) is 10.0 Å². The molecule has 0 spiro atoms. The van der Waals surface area contributed by atoms with Gasteiger partial charge < -0.3 is 20.1 Å². The molecule has 1 fully saturated rings. The number of hydrogen-bond acceptors (Lipinski definition) is 6. The lowest BCUT2D eigenvalue weighted by molar-refractivity contribution is 0.0170. The quantitative estimate of drug-likeness (QED) is 0.233. The number of benzene rings is 1. The molecule has 0 saturated carbocycles. The van der Waals surface area contributed by atoms with Crippen LogP contribution in [0.1, 0.15) is 25.5 Å². The highest BCUT2D eigenvalue weighted by atomic mass is 127. The van der Waals surface area contributed by atoms with E-state index in [2.05, 4.69) is 37.4 Å². The number of halogens is 1. The number of aliphatic imine (C=N–C) groups is 1. The molecular weight excluding hydrogens is 533 g/mol. The molecule has 2 rings (SSSR count). The summed E-state index contributed by atoms with van der Waals surface area (Å²) in [4.78, 5) is 6.67. The monoisotopic (exact) mass is 569 g/mol. The molecule has 1 aromatic carbocycles. The molecular formula is C20H36IN5O4S. The molecule has 3 N–H and O–H groups in total. The van der Waals surface area contributed by atoms with E-state index in [1.54, 1.807) is 14.2 Å². The Kier molecular flexibility index (Phi) is 11.5. The van der Waals surface area contributed by atoms with Crippen molar-refractivity contribution in [1.29, 1.82) is 0 Å². The minimum absolute atomic E-state index is 0. The van der Waals surface area contributed by atoms with E-state index < -0.39 is 15.6 Å². The van der Waals surface area contributed by atoms with Crippen molar-refractivity contribution in [3.8, 4) is 5.75 Å². The van der Waals surface area contributed by atoms with Crippen LogP contribution >= 0.6 is 24.0 Å². The van der Waals surface area contributed by atoms with Crippen LogP contribution in [0.2, 0.25) is 0 Å². The standard InChI is InChI=1S/C20H35N5O4S.HI/c1-20(2,24-30(5,26)27)15-23-19(21-3)22-14-18(25-10-12-29-13-11-25)16-6-8-17(28-4)9-7-16;/h6-9,18,24H,10-15H2,1-5H3,(H2,21,22,23);1H. The first-order valence-corrected chi connectivity index (χ1v) is 11.9. The van der Waals surface area contributed by atoms with Crippen molar-refractivity contribution in [2.24, 2.45) is 4.99 Å². The molecule has 0 bridgehead atoms. The lowest BCUT2D eigenvalue weighted by Crippen LogP contribution is -2.53. The zero-order valence-corrected chi connectivity index (χ0v) is 22.1. The molecule has 1 aromatic rings. The van der Waals surface area contributed by atoms with E-state index in [0.717, 1.165) is 25.1 Å². The first kappa shape index (κ1) is 27.9. The molecule has 0 aromatic heterocycles. The normalized spacial score (nSPS) is 16.9. The molecule has 1 aliphatic heterocycles. The minimum atomic E-state index is -3.30. The molecule has 1 aliphatic rings. The fraction of sp³-hybridized carbons (Fsp3) is 0.650. The van der Waals surface area contributed by atoms with E-state index in [1.807, 2.05) is 26.0 Å². The maximum atomic E-state index is 11.5. The smallest absolute Gasteiger partial charge is 0.209 e. The van der Waals surface area contributed by atoms with Crippen molar-refractivity contribution in [3.63, 3.8) is 0 Å². The lowest BCUT2D eigenvalue weighted by atomic mass is 10.0. The van der Waals surface area contributed by atoms with Gasteiger partial charge in [-0.25, -0.2) is 13.1 Å². The maximum Gasteiger partial charge on any atom is 0.209 e. The second-order valence-electron chi connectivity index (χ2n) is 8.00. The van der Waals surface area contributed by atoms with Gasteiger partial charge in [0.15, 0.2) is 5.96 Å². The number of methoxy groups -OCH3 is 1. The van der Waals surface area contributed by atoms with E-state index in [0.29, 0.717) is 32.3 Å². The van der Waals surface area contributed by atoms with E-state index >= 15 is 0 Å². The molecule has 11 heteroatoms. The zero-order valence-electron chi connectivity index (χ0n) is 19.0. The number of hydrogen-bond donors (Lipinski definition) is 3. The predicted octanol–water partition coefficient (Wildman–Crippen LogP) is 1.18. The summed E-state index contributed by atoms with van der Waals surface area (Å²) in [5.41, 5.74) is 0.532. The van der Waals surface area contributed by atoms with Gasteiger partial charge in [-0.3, -0.25) is 9.89 Å². The topological polar surface area (TPSA) is 104 Å². The number of sulfonamides is 1. The third-order valence-corrected chi connectivity index (χ3v) is 5.76. The molecule has 0 radical (unpaired) electrons. The molecule has 1 unspecified atom stereocenters. The van der Waals surface area contributed by atoms with Crippen LogP contribution in [0.25, 0.3) is 0 Å². The van der Waals surface area contributed by atoms with Crippen LogP contribution in [0.5, 0.6) is 5.75 Å². The summed E-state index contributed by atoms with van der Waals surface area (Å²) >= 11 is 0. The highest BCUT2D eigenvalue weighted by Crippen LogP contribution is 2.23. The summed E-state index contributed by atoms with van der Waals surface area (Å²) in [6, 6.07) is 8.23. The van der Waals surface area contributed by atoms with Crippen molar-refractivity contribution in [1.82, 2.24) is 20.3 Å². The van der Waals surface area contributed by atoms with E-state index in [9.17, 15) is 8.42 Å². The Morgan fingerprint density at radius 2 is 1.84 bits per heavy atom. The number of ether oxygens (including phenoxy) is 2. The van der Waals surface area contributed by atoms with Crippen LogP contribution in [-0.2, 0) is 14.8 Å². The van der Waals surface area contributed by atoms with Crippen molar-refractivity contribution in [2.45, 2.75) is 25.4 Å². The Labute approximate surface area is 203 Å². The second kappa shape index (κ2) is 12.8. The fourth-order valence-corrected chi connectivity index (χ4v) is 4.51. The molecule has 0 amide bonds. The highest BCUT2D eigenvalue weighted by Gasteiger charge is 2.25. The second-order valence-corrected chi connectivity index (χ2v) is 9.75. The molecule has 31 heavy (non-hydrogen) atoms. The third kappa shape index (κ3) is 9.89. The van der Waals surface area contributed by atoms with Gasteiger partial charge in [-0.05, 0) is 31.5 Å². The van der Waals surface area contributed by atoms with Crippen molar-refractivity contribution in [2.75, 3.05) is 59.8 Å². The summed E-state index contributed by atoms with van der Waals surface area (Å²) in [7, 11) is 0.0589. The number of nitrogens with one attached hydrogen (secondary N) is 3. The average molecular weight is 570 g/mol. The fourth-order valence-electron chi connectivity index (χ4n) is 3.43. The van der Waals surface area contributed by atoms with E-state index in [-0.39, 0.29) is 30.0 Å². The zero-order chi connectivity index (χ0) is 22.2. The molecule has 1 atom stereocenters. The summed E-state index contributed by atoms with van der Waals surface area (Å²) in [5, 5.41) is 6.59. The first-order chi connectivity index (χ1) is 14.1. The molecule has 0 aliphatic carbocycles. The van der Waals surface area contributed by atoms with Gasteiger partial charge in [-0.15, -0.1) is 24.0 Å². The highest BCUT2D eigenvalue weighted by molar-refractivity contribution is 14.0. The van der Waals surface area contributed by atoms with E-state index in [4.69, 9.17) is 9.47 Å². The summed E-state index contributed by atoms with van der Waals surface area (Å²) in [6.07, 6.45) is 1.16. The Bertz CT molecular complexity index is 796. The van der Waals surface area contributed by atoms with Crippen molar-refractivity contribution < 1.29 is 17.9 Å².